The highest BCUT2D eigenvalue weighted by molar-refractivity contribution is 5.66. The second kappa shape index (κ2) is 7.46. The molecule has 9 atom stereocenters. The largest absolute Gasteiger partial charge is 0.463 e. The van der Waals surface area contributed by atoms with Crippen LogP contribution in [0.2, 0.25) is 0 Å². The van der Waals surface area contributed by atoms with Gasteiger partial charge in [-0.1, -0.05) is 20.8 Å². The maximum Gasteiger partial charge on any atom is 0.302 e. The lowest BCUT2D eigenvalue weighted by atomic mass is 9.40. The van der Waals surface area contributed by atoms with E-state index in [4.69, 9.17) is 9.47 Å². The first-order chi connectivity index (χ1) is 14.4. The number of hydrogen-bond donors (Lipinski definition) is 1. The Kier molecular flexibility index (Phi) is 5.55. The third-order valence-corrected chi connectivity index (χ3v) is 10.9. The normalized spacial score (nSPS) is 49.9. The summed E-state index contributed by atoms with van der Waals surface area (Å²) < 4.78 is 11.2. The smallest absolute Gasteiger partial charge is 0.302 e. The van der Waals surface area contributed by atoms with Gasteiger partial charge in [0.05, 0.1) is 0 Å². The van der Waals surface area contributed by atoms with Crippen LogP contribution in [-0.2, 0) is 19.1 Å². The minimum Gasteiger partial charge on any atom is -0.463 e. The quantitative estimate of drug-likeness (QED) is 0.631. The minimum atomic E-state index is -0.942. The van der Waals surface area contributed by atoms with Crippen LogP contribution in [0.5, 0.6) is 0 Å². The highest BCUT2D eigenvalue weighted by atomic mass is 16.6. The monoisotopic (exact) mass is 434 g/mol. The van der Waals surface area contributed by atoms with Crippen molar-refractivity contribution in [1.82, 2.24) is 0 Å². The molecule has 7 unspecified atom stereocenters. The van der Waals surface area contributed by atoms with Gasteiger partial charge < -0.3 is 14.6 Å². The van der Waals surface area contributed by atoms with E-state index < -0.39 is 11.7 Å². The standard InChI is InChI=1S/C26H42O5/c1-16(30-17(2)27)26(29)14-10-22-20-8-11-23(4)15-19(31-18(3)28)7-12-24(23,5)21(20)9-13-25(22,26)6/h16,19-22,29H,7-15H2,1-6H3/t16?,19-,20?,21?,22?,23?,24?,25?,26+/m1/s1. The highest BCUT2D eigenvalue weighted by Crippen LogP contribution is 2.71. The second-order valence-electron chi connectivity index (χ2n) is 12.0. The fraction of sp³-hybridized carbons (Fsp3) is 0.923. The molecular formula is C26H42O5. The van der Waals surface area contributed by atoms with Gasteiger partial charge >= 0.3 is 11.9 Å². The van der Waals surface area contributed by atoms with Crippen molar-refractivity contribution in [1.29, 1.82) is 0 Å². The van der Waals surface area contributed by atoms with Crippen LogP contribution < -0.4 is 0 Å². The average molecular weight is 435 g/mol. The molecule has 4 aliphatic rings. The fourth-order valence-corrected chi connectivity index (χ4v) is 8.99. The molecule has 0 saturated heterocycles. The van der Waals surface area contributed by atoms with Gasteiger partial charge in [-0.15, -0.1) is 0 Å². The molecule has 0 aromatic carbocycles. The summed E-state index contributed by atoms with van der Waals surface area (Å²) in [6.07, 6.45) is 8.82. The molecule has 31 heavy (non-hydrogen) atoms. The molecule has 5 nitrogen and oxygen atoms in total. The summed E-state index contributed by atoms with van der Waals surface area (Å²) in [6.45, 7) is 12.0. The molecule has 0 aromatic rings. The molecule has 5 heteroatoms. The lowest BCUT2D eigenvalue weighted by Gasteiger charge is -2.65. The SMILES string of the molecule is CC(=O)OC(C)[C@@]1(O)CCC2C3CCC4(C)C[C@H](OC(C)=O)CCC4(C)C3CCC21C. The first kappa shape index (κ1) is 23.1. The van der Waals surface area contributed by atoms with Crippen LogP contribution >= 0.6 is 0 Å². The van der Waals surface area contributed by atoms with Gasteiger partial charge in [0.2, 0.25) is 0 Å². The van der Waals surface area contributed by atoms with Crippen LogP contribution in [0.15, 0.2) is 0 Å². The number of esters is 2. The Bertz CT molecular complexity index is 750. The van der Waals surface area contributed by atoms with Gasteiger partial charge in [-0.3, -0.25) is 9.59 Å². The zero-order valence-electron chi connectivity index (χ0n) is 20.3. The van der Waals surface area contributed by atoms with Gasteiger partial charge in [0.25, 0.3) is 0 Å². The molecule has 0 radical (unpaired) electrons. The highest BCUT2D eigenvalue weighted by Gasteiger charge is 2.68. The van der Waals surface area contributed by atoms with Crippen molar-refractivity contribution in [3.63, 3.8) is 0 Å². The molecule has 0 heterocycles. The van der Waals surface area contributed by atoms with Crippen molar-refractivity contribution in [3.8, 4) is 0 Å². The fourth-order valence-electron chi connectivity index (χ4n) is 8.99. The van der Waals surface area contributed by atoms with E-state index in [9.17, 15) is 14.7 Å². The van der Waals surface area contributed by atoms with Crippen molar-refractivity contribution in [2.75, 3.05) is 0 Å². The summed E-state index contributed by atoms with van der Waals surface area (Å²) in [5.74, 6) is 1.26. The summed E-state index contributed by atoms with van der Waals surface area (Å²) in [5, 5.41) is 11.8. The van der Waals surface area contributed by atoms with Crippen LogP contribution in [0.3, 0.4) is 0 Å². The Morgan fingerprint density at radius 1 is 0.871 bits per heavy atom. The van der Waals surface area contributed by atoms with E-state index in [0.717, 1.165) is 44.9 Å². The Morgan fingerprint density at radius 2 is 1.48 bits per heavy atom. The maximum atomic E-state index is 11.8. The molecule has 4 rings (SSSR count). The lowest BCUT2D eigenvalue weighted by molar-refractivity contribution is -0.212. The number of fused-ring (bicyclic) bond motifs is 5. The number of carbonyl (C=O) groups excluding carboxylic acids is 2. The number of aliphatic hydroxyl groups is 1. The van der Waals surface area contributed by atoms with Gasteiger partial charge in [0.1, 0.15) is 17.8 Å². The molecule has 0 aromatic heterocycles. The zero-order valence-corrected chi connectivity index (χ0v) is 20.3. The van der Waals surface area contributed by atoms with Crippen LogP contribution in [0.4, 0.5) is 0 Å². The van der Waals surface area contributed by atoms with Crippen LogP contribution in [0.1, 0.15) is 99.3 Å². The average Bonchev–Trinajstić information content (AvgIpc) is 2.94. The van der Waals surface area contributed by atoms with Crippen molar-refractivity contribution in [2.24, 2.45) is 34.0 Å². The molecule has 0 amide bonds. The van der Waals surface area contributed by atoms with E-state index in [-0.39, 0.29) is 34.3 Å². The first-order valence-electron chi connectivity index (χ1n) is 12.4. The summed E-state index contributed by atoms with van der Waals surface area (Å²) in [4.78, 5) is 23.2. The molecular weight excluding hydrogens is 392 g/mol. The van der Waals surface area contributed by atoms with Gasteiger partial charge in [0.15, 0.2) is 0 Å². The predicted octanol–water partition coefficient (Wildman–Crippen LogP) is 5.03. The Balaban J connectivity index is 1.58. The van der Waals surface area contributed by atoms with Crippen molar-refractivity contribution >= 4 is 11.9 Å². The maximum absolute atomic E-state index is 11.8. The molecule has 176 valence electrons. The van der Waals surface area contributed by atoms with Crippen LogP contribution in [0, 0.1) is 34.0 Å². The summed E-state index contributed by atoms with van der Waals surface area (Å²) in [5.41, 5.74) is -0.707. The summed E-state index contributed by atoms with van der Waals surface area (Å²) >= 11 is 0. The molecule has 4 aliphatic carbocycles. The van der Waals surface area contributed by atoms with Crippen LogP contribution in [0.25, 0.3) is 0 Å². The third kappa shape index (κ3) is 3.28. The molecule has 0 spiro atoms. The summed E-state index contributed by atoms with van der Waals surface area (Å²) in [7, 11) is 0. The van der Waals surface area contributed by atoms with Gasteiger partial charge in [-0.05, 0) is 93.3 Å². The Hall–Kier alpha value is -1.10. The predicted molar refractivity (Wildman–Crippen MR) is 118 cm³/mol. The zero-order chi connectivity index (χ0) is 22.8. The van der Waals surface area contributed by atoms with E-state index >= 15 is 0 Å². The van der Waals surface area contributed by atoms with Crippen molar-refractivity contribution in [2.45, 2.75) is 117 Å². The minimum absolute atomic E-state index is 0.0575. The van der Waals surface area contributed by atoms with Crippen LogP contribution in [-0.4, -0.2) is 34.9 Å². The Morgan fingerprint density at radius 3 is 2.13 bits per heavy atom. The van der Waals surface area contributed by atoms with E-state index in [1.165, 1.54) is 20.3 Å². The summed E-state index contributed by atoms with van der Waals surface area (Å²) in [6, 6.07) is 0. The number of carbonyl (C=O) groups is 2. The van der Waals surface area contributed by atoms with E-state index in [0.29, 0.717) is 24.2 Å². The molecule has 0 aliphatic heterocycles. The van der Waals surface area contributed by atoms with Gasteiger partial charge in [0, 0.05) is 19.3 Å². The van der Waals surface area contributed by atoms with E-state index in [1.54, 1.807) is 0 Å². The van der Waals surface area contributed by atoms with Crippen molar-refractivity contribution in [3.05, 3.63) is 0 Å². The molecule has 4 fully saturated rings. The van der Waals surface area contributed by atoms with Gasteiger partial charge in [-0.25, -0.2) is 0 Å². The number of rotatable bonds is 3. The second-order valence-corrected chi connectivity index (χ2v) is 12.0. The Labute approximate surface area is 187 Å². The lowest BCUT2D eigenvalue weighted by Crippen LogP contribution is -2.61. The molecule has 1 N–H and O–H groups in total. The topological polar surface area (TPSA) is 72.8 Å². The molecule has 4 saturated carbocycles. The first-order valence-corrected chi connectivity index (χ1v) is 12.4. The van der Waals surface area contributed by atoms with E-state index in [2.05, 4.69) is 20.8 Å². The van der Waals surface area contributed by atoms with Gasteiger partial charge in [-0.2, -0.15) is 0 Å². The van der Waals surface area contributed by atoms with Crippen molar-refractivity contribution < 1.29 is 24.2 Å². The number of ether oxygens (including phenoxy) is 2. The third-order valence-electron chi connectivity index (χ3n) is 10.9. The van der Waals surface area contributed by atoms with E-state index in [1.807, 2.05) is 6.92 Å². The number of hydrogen-bond acceptors (Lipinski definition) is 5. The molecule has 0 bridgehead atoms.